The van der Waals surface area contributed by atoms with Crippen LogP contribution in [-0.2, 0) is 14.6 Å². The Kier molecular flexibility index (Phi) is 5.69. The van der Waals surface area contributed by atoms with Gasteiger partial charge in [-0.2, -0.15) is 0 Å². The van der Waals surface area contributed by atoms with E-state index in [-0.39, 0.29) is 23.5 Å². The number of amides is 1. The number of anilines is 1. The van der Waals surface area contributed by atoms with Crippen LogP contribution in [0.3, 0.4) is 0 Å². The Morgan fingerprint density at radius 1 is 1.45 bits per heavy atom. The molecule has 1 fully saturated rings. The van der Waals surface area contributed by atoms with Gasteiger partial charge in [0.25, 0.3) is 0 Å². The van der Waals surface area contributed by atoms with Crippen LogP contribution >= 0.6 is 11.6 Å². The minimum absolute atomic E-state index is 0.0147. The van der Waals surface area contributed by atoms with Gasteiger partial charge in [-0.15, -0.1) is 0 Å². The van der Waals surface area contributed by atoms with Gasteiger partial charge in [0.15, 0.2) is 9.84 Å². The molecule has 0 spiro atoms. The average Bonchev–Trinajstić information content (AvgIpc) is 2.80. The monoisotopic (exact) mass is 344 g/mol. The Bertz CT molecular complexity index is 633. The standard InChI is InChI=1S/C15H21ClN2O3S/c1-2-18(14-7-9-22(20,21)11-14)15(19)6-8-17-13-5-3-4-12(16)10-13/h3-5,10,14,17H,2,6-9,11H2,1H3. The van der Waals surface area contributed by atoms with E-state index in [1.54, 1.807) is 17.0 Å². The van der Waals surface area contributed by atoms with E-state index < -0.39 is 9.84 Å². The van der Waals surface area contributed by atoms with Crippen molar-refractivity contribution in [2.24, 2.45) is 0 Å². The van der Waals surface area contributed by atoms with E-state index in [0.717, 1.165) is 5.69 Å². The van der Waals surface area contributed by atoms with Crippen molar-refractivity contribution in [1.82, 2.24) is 4.90 Å². The van der Waals surface area contributed by atoms with Crippen molar-refractivity contribution in [3.63, 3.8) is 0 Å². The number of carbonyl (C=O) groups is 1. The van der Waals surface area contributed by atoms with E-state index >= 15 is 0 Å². The molecule has 5 nitrogen and oxygen atoms in total. The third-order valence-electron chi connectivity index (χ3n) is 3.80. The Hall–Kier alpha value is -1.27. The van der Waals surface area contributed by atoms with Crippen molar-refractivity contribution in [1.29, 1.82) is 0 Å². The van der Waals surface area contributed by atoms with Gasteiger partial charge < -0.3 is 10.2 Å². The topological polar surface area (TPSA) is 66.5 Å². The van der Waals surface area contributed by atoms with E-state index in [4.69, 9.17) is 11.6 Å². The zero-order chi connectivity index (χ0) is 16.2. The molecule has 122 valence electrons. The first-order chi connectivity index (χ1) is 10.4. The minimum atomic E-state index is -2.98. The molecule has 0 saturated carbocycles. The molecule has 1 N–H and O–H groups in total. The number of nitrogens with one attached hydrogen (secondary N) is 1. The number of carbonyl (C=O) groups excluding carboxylic acids is 1. The minimum Gasteiger partial charge on any atom is -0.384 e. The maximum absolute atomic E-state index is 12.3. The molecule has 1 aromatic rings. The molecule has 1 atom stereocenters. The molecule has 0 aliphatic carbocycles. The molecule has 1 unspecified atom stereocenters. The quantitative estimate of drug-likeness (QED) is 0.859. The molecule has 0 aromatic heterocycles. The molecule has 0 radical (unpaired) electrons. The highest BCUT2D eigenvalue weighted by Crippen LogP contribution is 2.19. The lowest BCUT2D eigenvalue weighted by atomic mass is 10.2. The van der Waals surface area contributed by atoms with E-state index in [2.05, 4.69) is 5.32 Å². The van der Waals surface area contributed by atoms with Crippen LogP contribution in [0, 0.1) is 0 Å². The summed E-state index contributed by atoms with van der Waals surface area (Å²) in [4.78, 5) is 14.0. The van der Waals surface area contributed by atoms with Crippen LogP contribution in [0.1, 0.15) is 19.8 Å². The van der Waals surface area contributed by atoms with Crippen molar-refractivity contribution >= 4 is 33.0 Å². The maximum atomic E-state index is 12.3. The predicted octanol–water partition coefficient (Wildman–Crippen LogP) is 2.18. The van der Waals surface area contributed by atoms with E-state index in [1.807, 2.05) is 19.1 Å². The molecule has 0 bridgehead atoms. The highest BCUT2D eigenvalue weighted by molar-refractivity contribution is 7.91. The molecule has 1 aromatic carbocycles. The van der Waals surface area contributed by atoms with E-state index in [9.17, 15) is 13.2 Å². The van der Waals surface area contributed by atoms with Gasteiger partial charge in [0.05, 0.1) is 11.5 Å². The molecular weight excluding hydrogens is 324 g/mol. The summed E-state index contributed by atoms with van der Waals surface area (Å²) >= 11 is 5.90. The van der Waals surface area contributed by atoms with Gasteiger partial charge >= 0.3 is 0 Å². The molecule has 1 aliphatic rings. The summed E-state index contributed by atoms with van der Waals surface area (Å²) in [6, 6.07) is 7.14. The fourth-order valence-electron chi connectivity index (χ4n) is 2.72. The van der Waals surface area contributed by atoms with Crippen molar-refractivity contribution in [2.75, 3.05) is 29.9 Å². The summed E-state index contributed by atoms with van der Waals surface area (Å²) < 4.78 is 23.1. The van der Waals surface area contributed by atoms with Gasteiger partial charge in [-0.25, -0.2) is 8.42 Å². The fraction of sp³-hybridized carbons (Fsp3) is 0.533. The van der Waals surface area contributed by atoms with Gasteiger partial charge in [0.2, 0.25) is 5.91 Å². The molecule has 7 heteroatoms. The molecule has 1 heterocycles. The number of benzene rings is 1. The number of rotatable bonds is 6. The normalized spacial score (nSPS) is 19.8. The van der Waals surface area contributed by atoms with Gasteiger partial charge in [-0.1, -0.05) is 17.7 Å². The molecule has 1 saturated heterocycles. The van der Waals surface area contributed by atoms with E-state index in [1.165, 1.54) is 0 Å². The Balaban J connectivity index is 1.85. The number of hydrogen-bond acceptors (Lipinski definition) is 4. The molecule has 1 aliphatic heterocycles. The van der Waals surface area contributed by atoms with Crippen molar-refractivity contribution in [2.45, 2.75) is 25.8 Å². The second kappa shape index (κ2) is 7.33. The molecule has 22 heavy (non-hydrogen) atoms. The van der Waals surface area contributed by atoms with Crippen LogP contribution in [0.5, 0.6) is 0 Å². The number of halogens is 1. The second-order valence-electron chi connectivity index (χ2n) is 5.42. The second-order valence-corrected chi connectivity index (χ2v) is 8.09. The van der Waals surface area contributed by atoms with Gasteiger partial charge in [-0.3, -0.25) is 4.79 Å². The van der Waals surface area contributed by atoms with Crippen LogP contribution in [0.15, 0.2) is 24.3 Å². The first-order valence-corrected chi connectivity index (χ1v) is 9.60. The SMILES string of the molecule is CCN(C(=O)CCNc1cccc(Cl)c1)C1CCS(=O)(=O)C1. The summed E-state index contributed by atoms with van der Waals surface area (Å²) in [7, 11) is -2.98. The van der Waals surface area contributed by atoms with Gasteiger partial charge in [-0.05, 0) is 31.5 Å². The number of sulfone groups is 1. The highest BCUT2D eigenvalue weighted by Gasteiger charge is 2.33. The zero-order valence-electron chi connectivity index (χ0n) is 12.6. The number of hydrogen-bond donors (Lipinski definition) is 1. The highest BCUT2D eigenvalue weighted by atomic mass is 35.5. The van der Waals surface area contributed by atoms with Gasteiger partial charge in [0, 0.05) is 36.3 Å². The summed E-state index contributed by atoms with van der Waals surface area (Å²) in [5, 5.41) is 3.79. The largest absolute Gasteiger partial charge is 0.384 e. The van der Waals surface area contributed by atoms with Crippen molar-refractivity contribution in [3.8, 4) is 0 Å². The lowest BCUT2D eigenvalue weighted by Crippen LogP contribution is -2.41. The molecule has 2 rings (SSSR count). The van der Waals surface area contributed by atoms with Crippen LogP contribution in [0.4, 0.5) is 5.69 Å². The predicted molar refractivity (Wildman–Crippen MR) is 89.0 cm³/mol. The summed E-state index contributed by atoms with van der Waals surface area (Å²) in [6.07, 6.45) is 0.876. The molecule has 1 amide bonds. The lowest BCUT2D eigenvalue weighted by Gasteiger charge is -2.27. The lowest BCUT2D eigenvalue weighted by molar-refractivity contribution is -0.132. The first kappa shape index (κ1) is 17.1. The smallest absolute Gasteiger partial charge is 0.224 e. The third kappa shape index (κ3) is 4.61. The Morgan fingerprint density at radius 3 is 2.82 bits per heavy atom. The first-order valence-electron chi connectivity index (χ1n) is 7.40. The average molecular weight is 345 g/mol. The molecular formula is C15H21ClN2O3S. The van der Waals surface area contributed by atoms with Crippen molar-refractivity contribution in [3.05, 3.63) is 29.3 Å². The fourth-order valence-corrected chi connectivity index (χ4v) is 4.64. The van der Waals surface area contributed by atoms with Crippen LogP contribution < -0.4 is 5.32 Å². The van der Waals surface area contributed by atoms with Crippen LogP contribution in [0.2, 0.25) is 5.02 Å². The maximum Gasteiger partial charge on any atom is 0.224 e. The van der Waals surface area contributed by atoms with E-state index in [0.29, 0.717) is 31.0 Å². The summed E-state index contributed by atoms with van der Waals surface area (Å²) in [5.74, 6) is 0.260. The Morgan fingerprint density at radius 2 is 2.23 bits per heavy atom. The summed E-state index contributed by atoms with van der Waals surface area (Å²) in [5.41, 5.74) is 0.867. The van der Waals surface area contributed by atoms with Crippen LogP contribution in [-0.4, -0.2) is 49.9 Å². The number of nitrogens with zero attached hydrogens (tertiary/aromatic N) is 1. The summed E-state index contributed by atoms with van der Waals surface area (Å²) in [6.45, 7) is 2.92. The van der Waals surface area contributed by atoms with Crippen LogP contribution in [0.25, 0.3) is 0 Å². The zero-order valence-corrected chi connectivity index (χ0v) is 14.2. The third-order valence-corrected chi connectivity index (χ3v) is 5.79. The van der Waals surface area contributed by atoms with Gasteiger partial charge in [0.1, 0.15) is 0 Å². The Labute approximate surface area is 136 Å². The van der Waals surface area contributed by atoms with Crippen molar-refractivity contribution < 1.29 is 13.2 Å².